The first-order chi connectivity index (χ1) is 10.6. The minimum absolute atomic E-state index is 0.0218. The molecule has 0 aromatic heterocycles. The van der Waals surface area contributed by atoms with Gasteiger partial charge in [-0.2, -0.15) is 8.78 Å². The highest BCUT2D eigenvalue weighted by Gasteiger charge is 2.19. The molecule has 22 heavy (non-hydrogen) atoms. The van der Waals surface area contributed by atoms with E-state index in [1.165, 1.54) is 12.1 Å². The van der Waals surface area contributed by atoms with Crippen molar-refractivity contribution in [2.45, 2.75) is 31.9 Å². The summed E-state index contributed by atoms with van der Waals surface area (Å²) in [7, 11) is 0. The van der Waals surface area contributed by atoms with Crippen LogP contribution in [0.15, 0.2) is 36.4 Å². The van der Waals surface area contributed by atoms with E-state index in [1.54, 1.807) is 12.1 Å². The molecule has 120 valence electrons. The van der Waals surface area contributed by atoms with Gasteiger partial charge in [0.2, 0.25) is 5.91 Å². The molecule has 0 bridgehead atoms. The van der Waals surface area contributed by atoms with Crippen molar-refractivity contribution >= 4 is 5.91 Å². The first-order valence-corrected chi connectivity index (χ1v) is 7.19. The number of halogens is 2. The Kier molecular flexibility index (Phi) is 5.89. The Labute approximate surface area is 127 Å². The van der Waals surface area contributed by atoms with Crippen molar-refractivity contribution < 1.29 is 23.4 Å². The second-order valence-electron chi connectivity index (χ2n) is 5.26. The number of carbonyl (C=O) groups excluding carboxylic acids is 1. The first kappa shape index (κ1) is 16.4. The number of ether oxygens (including phenoxy) is 1. The van der Waals surface area contributed by atoms with Crippen molar-refractivity contribution in [3.63, 3.8) is 0 Å². The zero-order valence-electron chi connectivity index (χ0n) is 12.0. The molecule has 2 atom stereocenters. The van der Waals surface area contributed by atoms with Crippen molar-refractivity contribution in [2.24, 2.45) is 5.92 Å². The maximum atomic E-state index is 12.0. The third kappa shape index (κ3) is 5.11. The summed E-state index contributed by atoms with van der Waals surface area (Å²) in [4.78, 5) is 11.8. The molecule has 0 aliphatic heterocycles. The normalized spacial score (nSPS) is 20.4. The molecule has 0 spiro atoms. The van der Waals surface area contributed by atoms with E-state index in [1.807, 2.05) is 12.2 Å². The zero-order chi connectivity index (χ0) is 15.9. The summed E-state index contributed by atoms with van der Waals surface area (Å²) in [5, 5.41) is 11.9. The number of benzene rings is 1. The predicted octanol–water partition coefficient (Wildman–Crippen LogP) is 2.27. The molecule has 1 amide bonds. The Morgan fingerprint density at radius 2 is 2.05 bits per heavy atom. The SMILES string of the molecule is O=C(CCc1ccc(OC(F)F)cc1)N[C@@H]1C=C[C@H](CO)C1. The second-order valence-corrected chi connectivity index (χ2v) is 5.26. The molecule has 1 aliphatic carbocycles. The van der Waals surface area contributed by atoms with Gasteiger partial charge < -0.3 is 15.2 Å². The number of amides is 1. The number of aliphatic hydroxyl groups is 1. The Morgan fingerprint density at radius 1 is 1.32 bits per heavy atom. The number of aryl methyl sites for hydroxylation is 1. The Hall–Kier alpha value is -1.95. The standard InChI is InChI=1S/C16H19F2NO3/c17-16(18)22-14-6-2-11(3-7-14)4-8-15(21)19-13-5-1-12(9-13)10-20/h1-3,5-7,12-13,16,20H,4,8-10H2,(H,19,21)/t12-,13+/m0/s1. The lowest BCUT2D eigenvalue weighted by Crippen LogP contribution is -2.33. The molecule has 0 radical (unpaired) electrons. The van der Waals surface area contributed by atoms with Crippen molar-refractivity contribution in [3.8, 4) is 5.75 Å². The molecule has 0 saturated heterocycles. The summed E-state index contributed by atoms with van der Waals surface area (Å²) < 4.78 is 28.3. The van der Waals surface area contributed by atoms with Gasteiger partial charge in [0.25, 0.3) is 0 Å². The summed E-state index contributed by atoms with van der Waals surface area (Å²) in [5.41, 5.74) is 0.881. The van der Waals surface area contributed by atoms with E-state index in [2.05, 4.69) is 10.1 Å². The van der Waals surface area contributed by atoms with E-state index >= 15 is 0 Å². The molecule has 4 nitrogen and oxygen atoms in total. The van der Waals surface area contributed by atoms with Crippen LogP contribution in [0.5, 0.6) is 5.75 Å². The van der Waals surface area contributed by atoms with Crippen LogP contribution in [0.25, 0.3) is 0 Å². The molecule has 0 unspecified atom stereocenters. The van der Waals surface area contributed by atoms with Crippen LogP contribution in [0, 0.1) is 5.92 Å². The van der Waals surface area contributed by atoms with Gasteiger partial charge >= 0.3 is 6.61 Å². The minimum Gasteiger partial charge on any atom is -0.435 e. The van der Waals surface area contributed by atoms with Crippen LogP contribution < -0.4 is 10.1 Å². The maximum absolute atomic E-state index is 12.0. The quantitative estimate of drug-likeness (QED) is 0.760. The zero-order valence-corrected chi connectivity index (χ0v) is 12.0. The van der Waals surface area contributed by atoms with Gasteiger partial charge in [-0.1, -0.05) is 24.3 Å². The monoisotopic (exact) mass is 311 g/mol. The number of nitrogens with one attached hydrogen (secondary N) is 1. The first-order valence-electron chi connectivity index (χ1n) is 7.19. The van der Waals surface area contributed by atoms with Crippen LogP contribution in [-0.2, 0) is 11.2 Å². The summed E-state index contributed by atoms with van der Waals surface area (Å²) in [6, 6.07) is 6.24. The molecule has 0 saturated carbocycles. The second kappa shape index (κ2) is 7.89. The predicted molar refractivity (Wildman–Crippen MR) is 77.7 cm³/mol. The number of carbonyl (C=O) groups is 1. The lowest BCUT2D eigenvalue weighted by atomic mass is 10.1. The van der Waals surface area contributed by atoms with Crippen molar-refractivity contribution in [1.82, 2.24) is 5.32 Å². The number of rotatable bonds is 7. The fraction of sp³-hybridized carbons (Fsp3) is 0.438. The van der Waals surface area contributed by atoms with Crippen molar-refractivity contribution in [2.75, 3.05) is 6.61 Å². The molecule has 1 aromatic carbocycles. The van der Waals surface area contributed by atoms with Crippen LogP contribution in [0.1, 0.15) is 18.4 Å². The fourth-order valence-corrected chi connectivity index (χ4v) is 2.39. The van der Waals surface area contributed by atoms with Crippen LogP contribution in [0.4, 0.5) is 8.78 Å². The van der Waals surface area contributed by atoms with E-state index in [0.717, 1.165) is 12.0 Å². The summed E-state index contributed by atoms with van der Waals surface area (Å²) in [5.74, 6) is 0.156. The highest BCUT2D eigenvalue weighted by atomic mass is 19.3. The van der Waals surface area contributed by atoms with E-state index in [-0.39, 0.29) is 30.2 Å². The third-order valence-corrected chi connectivity index (χ3v) is 3.54. The lowest BCUT2D eigenvalue weighted by molar-refractivity contribution is -0.121. The molecule has 2 rings (SSSR count). The van der Waals surface area contributed by atoms with Crippen LogP contribution >= 0.6 is 0 Å². The molecule has 6 heteroatoms. The Morgan fingerprint density at radius 3 is 2.64 bits per heavy atom. The van der Waals surface area contributed by atoms with Crippen molar-refractivity contribution in [1.29, 1.82) is 0 Å². The van der Waals surface area contributed by atoms with Gasteiger partial charge in [0.15, 0.2) is 0 Å². The van der Waals surface area contributed by atoms with Crippen LogP contribution in [-0.4, -0.2) is 30.3 Å². The third-order valence-electron chi connectivity index (χ3n) is 3.54. The molecule has 1 aliphatic rings. The molecular formula is C16H19F2NO3. The number of hydrogen-bond donors (Lipinski definition) is 2. The number of alkyl halides is 2. The summed E-state index contributed by atoms with van der Waals surface area (Å²) >= 11 is 0. The Balaban J connectivity index is 1.73. The van der Waals surface area contributed by atoms with E-state index < -0.39 is 6.61 Å². The minimum atomic E-state index is -2.83. The fourth-order valence-electron chi connectivity index (χ4n) is 2.39. The van der Waals surface area contributed by atoms with Crippen LogP contribution in [0.2, 0.25) is 0 Å². The maximum Gasteiger partial charge on any atom is 0.387 e. The molecule has 0 heterocycles. The van der Waals surface area contributed by atoms with Gasteiger partial charge in [-0.15, -0.1) is 0 Å². The molecule has 2 N–H and O–H groups in total. The summed E-state index contributed by atoms with van der Waals surface area (Å²) in [6.45, 7) is -2.74. The van der Waals surface area contributed by atoms with Gasteiger partial charge in [-0.3, -0.25) is 4.79 Å². The van der Waals surface area contributed by atoms with E-state index in [0.29, 0.717) is 12.8 Å². The highest BCUT2D eigenvalue weighted by Crippen LogP contribution is 2.18. The summed E-state index contributed by atoms with van der Waals surface area (Å²) in [6.07, 6.45) is 5.38. The van der Waals surface area contributed by atoms with E-state index in [4.69, 9.17) is 5.11 Å². The van der Waals surface area contributed by atoms with Crippen LogP contribution in [0.3, 0.4) is 0 Å². The molecule has 0 fully saturated rings. The molecule has 1 aromatic rings. The lowest BCUT2D eigenvalue weighted by Gasteiger charge is -2.12. The molecular weight excluding hydrogens is 292 g/mol. The van der Waals surface area contributed by atoms with Gasteiger partial charge in [-0.05, 0) is 30.5 Å². The largest absolute Gasteiger partial charge is 0.435 e. The van der Waals surface area contributed by atoms with E-state index in [9.17, 15) is 13.6 Å². The Bertz CT molecular complexity index is 517. The topological polar surface area (TPSA) is 58.6 Å². The van der Waals surface area contributed by atoms with Gasteiger partial charge in [-0.25, -0.2) is 0 Å². The van der Waals surface area contributed by atoms with Crippen molar-refractivity contribution in [3.05, 3.63) is 42.0 Å². The highest BCUT2D eigenvalue weighted by molar-refractivity contribution is 5.76. The smallest absolute Gasteiger partial charge is 0.387 e. The number of aliphatic hydroxyl groups excluding tert-OH is 1. The van der Waals surface area contributed by atoms with Gasteiger partial charge in [0.05, 0.1) is 0 Å². The average Bonchev–Trinajstić information content (AvgIpc) is 2.93. The average molecular weight is 311 g/mol. The number of hydrogen-bond acceptors (Lipinski definition) is 3. The van der Waals surface area contributed by atoms with Gasteiger partial charge in [0, 0.05) is 25.0 Å². The van der Waals surface area contributed by atoms with Gasteiger partial charge in [0.1, 0.15) is 5.75 Å².